The van der Waals surface area contributed by atoms with Gasteiger partial charge in [0.15, 0.2) is 5.69 Å². The minimum Gasteiger partial charge on any atom is -0.394 e. The summed E-state index contributed by atoms with van der Waals surface area (Å²) in [5.41, 5.74) is 5.54. The van der Waals surface area contributed by atoms with Crippen LogP contribution in [-0.2, 0) is 11.3 Å². The van der Waals surface area contributed by atoms with Crippen LogP contribution in [0.25, 0.3) is 0 Å². The van der Waals surface area contributed by atoms with Crippen molar-refractivity contribution in [1.29, 1.82) is 0 Å². The molecular formula is C9H17N5O3. The zero-order valence-electron chi connectivity index (χ0n) is 9.67. The topological polar surface area (TPSA) is 115 Å². The highest BCUT2D eigenvalue weighted by Crippen LogP contribution is 1.94. The molecule has 96 valence electrons. The first-order valence-corrected chi connectivity index (χ1v) is 5.22. The zero-order chi connectivity index (χ0) is 12.7. The van der Waals surface area contributed by atoms with Crippen LogP contribution in [0.2, 0.25) is 0 Å². The summed E-state index contributed by atoms with van der Waals surface area (Å²) in [5, 5.41) is 19.0. The fourth-order valence-electron chi connectivity index (χ4n) is 1.24. The van der Waals surface area contributed by atoms with Gasteiger partial charge in [-0.3, -0.25) is 9.48 Å². The summed E-state index contributed by atoms with van der Waals surface area (Å²) in [6.07, 6.45) is 1.50. The number of rotatable bonds is 7. The maximum absolute atomic E-state index is 11.7. The number of hydrogen-bond donors (Lipinski definition) is 3. The fraction of sp³-hybridized carbons (Fsp3) is 0.667. The van der Waals surface area contributed by atoms with E-state index in [1.54, 1.807) is 0 Å². The van der Waals surface area contributed by atoms with Gasteiger partial charge in [-0.05, 0) is 0 Å². The average molecular weight is 243 g/mol. The van der Waals surface area contributed by atoms with Gasteiger partial charge in [-0.25, -0.2) is 0 Å². The van der Waals surface area contributed by atoms with Gasteiger partial charge >= 0.3 is 0 Å². The van der Waals surface area contributed by atoms with Gasteiger partial charge in [0.1, 0.15) is 0 Å². The van der Waals surface area contributed by atoms with Gasteiger partial charge in [0.2, 0.25) is 0 Å². The van der Waals surface area contributed by atoms with Crippen LogP contribution in [0.4, 0.5) is 0 Å². The maximum Gasteiger partial charge on any atom is 0.273 e. The van der Waals surface area contributed by atoms with E-state index in [0.717, 1.165) is 0 Å². The number of nitrogens with zero attached hydrogens (tertiary/aromatic N) is 3. The molecule has 0 spiro atoms. The molecule has 0 saturated carbocycles. The second kappa shape index (κ2) is 6.94. The summed E-state index contributed by atoms with van der Waals surface area (Å²) in [5.74, 6) is -0.399. The van der Waals surface area contributed by atoms with E-state index in [2.05, 4.69) is 15.6 Å². The highest BCUT2D eigenvalue weighted by Gasteiger charge is 2.15. The lowest BCUT2D eigenvalue weighted by Gasteiger charge is -2.13. The average Bonchev–Trinajstić information content (AvgIpc) is 2.77. The molecule has 0 aliphatic rings. The minimum atomic E-state index is -0.452. The van der Waals surface area contributed by atoms with Crippen molar-refractivity contribution in [3.63, 3.8) is 0 Å². The molecule has 0 saturated heterocycles. The van der Waals surface area contributed by atoms with Gasteiger partial charge in [-0.1, -0.05) is 5.21 Å². The Hall–Kier alpha value is -1.51. The van der Waals surface area contributed by atoms with Crippen LogP contribution >= 0.6 is 0 Å². The number of carbonyl (C=O) groups is 1. The first-order chi connectivity index (χ1) is 8.21. The Kier molecular flexibility index (Phi) is 5.53. The van der Waals surface area contributed by atoms with Gasteiger partial charge in [-0.2, -0.15) is 0 Å². The number of methoxy groups -OCH3 is 1. The summed E-state index contributed by atoms with van der Waals surface area (Å²) in [4.78, 5) is 11.7. The van der Waals surface area contributed by atoms with Crippen molar-refractivity contribution in [2.24, 2.45) is 5.73 Å². The maximum atomic E-state index is 11.7. The van der Waals surface area contributed by atoms with E-state index in [0.29, 0.717) is 13.1 Å². The Balaban J connectivity index is 2.55. The largest absolute Gasteiger partial charge is 0.394 e. The van der Waals surface area contributed by atoms with Gasteiger partial charge in [-0.15, -0.1) is 5.10 Å². The normalized spacial score (nSPS) is 12.4. The van der Waals surface area contributed by atoms with Crippen LogP contribution in [-0.4, -0.2) is 58.9 Å². The Morgan fingerprint density at radius 1 is 1.76 bits per heavy atom. The zero-order valence-corrected chi connectivity index (χ0v) is 9.67. The molecule has 1 unspecified atom stereocenters. The molecule has 0 aliphatic carbocycles. The molecule has 1 atom stereocenters. The number of nitrogens with two attached hydrogens (primary N) is 1. The second-order valence-electron chi connectivity index (χ2n) is 3.46. The van der Waals surface area contributed by atoms with Crippen LogP contribution < -0.4 is 11.1 Å². The third-order valence-electron chi connectivity index (χ3n) is 2.05. The summed E-state index contributed by atoms with van der Waals surface area (Å²) < 4.78 is 6.33. The quantitative estimate of drug-likeness (QED) is 0.509. The van der Waals surface area contributed by atoms with Crippen LogP contribution in [0, 0.1) is 0 Å². The summed E-state index contributed by atoms with van der Waals surface area (Å²) in [6.45, 7) is 0.963. The number of amides is 1. The molecule has 0 radical (unpaired) electrons. The van der Waals surface area contributed by atoms with Crippen molar-refractivity contribution in [2.75, 3.05) is 26.9 Å². The Morgan fingerprint density at radius 2 is 2.53 bits per heavy atom. The fourth-order valence-corrected chi connectivity index (χ4v) is 1.24. The second-order valence-corrected chi connectivity index (χ2v) is 3.46. The Bertz CT molecular complexity index is 354. The van der Waals surface area contributed by atoms with E-state index in [9.17, 15) is 4.79 Å². The molecule has 17 heavy (non-hydrogen) atoms. The molecule has 1 aromatic rings. The van der Waals surface area contributed by atoms with Crippen LogP contribution in [0.1, 0.15) is 10.5 Å². The Labute approximate surface area is 98.7 Å². The molecule has 4 N–H and O–H groups in total. The first kappa shape index (κ1) is 13.6. The van der Waals surface area contributed by atoms with Crippen molar-refractivity contribution >= 4 is 5.91 Å². The van der Waals surface area contributed by atoms with Gasteiger partial charge in [0, 0.05) is 13.7 Å². The summed E-state index contributed by atoms with van der Waals surface area (Å²) >= 11 is 0. The molecule has 0 fully saturated rings. The van der Waals surface area contributed by atoms with Crippen molar-refractivity contribution < 1.29 is 14.6 Å². The standard InChI is InChI=1S/C9H17N5O3/c1-17-6-7(5-15)11-9(16)8-4-14(3-2-10)13-12-8/h4,7,15H,2-3,5-6,10H2,1H3,(H,11,16). The minimum absolute atomic E-state index is 0.188. The van der Waals surface area contributed by atoms with Crippen molar-refractivity contribution in [3.05, 3.63) is 11.9 Å². The molecule has 1 rings (SSSR count). The van der Waals surface area contributed by atoms with Crippen LogP contribution in [0.3, 0.4) is 0 Å². The first-order valence-electron chi connectivity index (χ1n) is 5.22. The number of carbonyl (C=O) groups excluding carboxylic acids is 1. The van der Waals surface area contributed by atoms with E-state index in [4.69, 9.17) is 15.6 Å². The molecule has 1 aromatic heterocycles. The molecule has 8 nitrogen and oxygen atoms in total. The van der Waals surface area contributed by atoms with Gasteiger partial charge in [0.25, 0.3) is 5.91 Å². The number of ether oxygens (including phenoxy) is 1. The van der Waals surface area contributed by atoms with E-state index >= 15 is 0 Å². The van der Waals surface area contributed by atoms with E-state index in [-0.39, 0.29) is 18.9 Å². The number of hydrogen-bond acceptors (Lipinski definition) is 6. The highest BCUT2D eigenvalue weighted by molar-refractivity contribution is 5.92. The van der Waals surface area contributed by atoms with Crippen LogP contribution in [0.15, 0.2) is 6.20 Å². The smallest absolute Gasteiger partial charge is 0.273 e. The number of aliphatic hydroxyl groups is 1. The van der Waals surface area contributed by atoms with Crippen molar-refractivity contribution in [3.8, 4) is 0 Å². The third-order valence-corrected chi connectivity index (χ3v) is 2.05. The van der Waals surface area contributed by atoms with E-state index in [1.165, 1.54) is 18.0 Å². The van der Waals surface area contributed by atoms with E-state index in [1.807, 2.05) is 0 Å². The molecule has 1 amide bonds. The SMILES string of the molecule is COCC(CO)NC(=O)c1cn(CCN)nn1. The number of nitrogens with one attached hydrogen (secondary N) is 1. The highest BCUT2D eigenvalue weighted by atomic mass is 16.5. The number of aromatic nitrogens is 3. The predicted molar refractivity (Wildman–Crippen MR) is 59.3 cm³/mol. The lowest BCUT2D eigenvalue weighted by Crippen LogP contribution is -2.40. The number of aliphatic hydroxyl groups excluding tert-OH is 1. The molecule has 0 bridgehead atoms. The lowest BCUT2D eigenvalue weighted by atomic mass is 10.3. The van der Waals surface area contributed by atoms with Crippen molar-refractivity contribution in [1.82, 2.24) is 20.3 Å². The predicted octanol–water partition coefficient (Wildman–Crippen LogP) is -2.03. The van der Waals surface area contributed by atoms with Gasteiger partial charge in [0.05, 0.1) is 32.0 Å². The molecular weight excluding hydrogens is 226 g/mol. The molecule has 1 heterocycles. The summed E-state index contributed by atoms with van der Waals surface area (Å²) in [7, 11) is 1.49. The Morgan fingerprint density at radius 3 is 3.12 bits per heavy atom. The lowest BCUT2D eigenvalue weighted by molar-refractivity contribution is 0.0835. The third kappa shape index (κ3) is 4.10. The van der Waals surface area contributed by atoms with Gasteiger partial charge < -0.3 is 20.9 Å². The van der Waals surface area contributed by atoms with Crippen molar-refractivity contribution in [2.45, 2.75) is 12.6 Å². The summed E-state index contributed by atoms with van der Waals surface area (Å²) in [6, 6.07) is -0.452. The van der Waals surface area contributed by atoms with E-state index < -0.39 is 11.9 Å². The monoisotopic (exact) mass is 243 g/mol. The molecule has 0 aromatic carbocycles. The molecule has 0 aliphatic heterocycles. The molecule has 8 heteroatoms. The van der Waals surface area contributed by atoms with Crippen LogP contribution in [0.5, 0.6) is 0 Å².